The van der Waals surface area contributed by atoms with Crippen LogP contribution in [0.1, 0.15) is 25.7 Å². The molecule has 3 atom stereocenters. The van der Waals surface area contributed by atoms with Crippen molar-refractivity contribution < 1.29 is 18.1 Å². The van der Waals surface area contributed by atoms with E-state index in [4.69, 9.17) is 0 Å². The molecule has 0 aromatic heterocycles. The Balaban J connectivity index is 1.62. The highest BCUT2D eigenvalue weighted by Crippen LogP contribution is 2.44. The van der Waals surface area contributed by atoms with Crippen molar-refractivity contribution in [2.24, 2.45) is 11.8 Å². The fourth-order valence-corrected chi connectivity index (χ4v) is 6.03. The van der Waals surface area contributed by atoms with Crippen molar-refractivity contribution >= 4 is 27.3 Å². The topological polar surface area (TPSA) is 110 Å². The highest BCUT2D eigenvalue weighted by atomic mass is 32.2. The van der Waals surface area contributed by atoms with E-state index in [1.165, 1.54) is 42.8 Å². The Hall–Kier alpha value is -2.94. The van der Waals surface area contributed by atoms with Crippen LogP contribution in [0.3, 0.4) is 0 Å². The molecule has 30 heavy (non-hydrogen) atoms. The van der Waals surface area contributed by atoms with Gasteiger partial charge in [-0.25, -0.2) is 8.42 Å². The average Bonchev–Trinajstić information content (AvgIpc) is 3.36. The first-order chi connectivity index (χ1) is 14.3. The monoisotopic (exact) mass is 429 g/mol. The summed E-state index contributed by atoms with van der Waals surface area (Å²) in [6.45, 7) is -0.438. The minimum absolute atomic E-state index is 0.0178. The van der Waals surface area contributed by atoms with Crippen LogP contribution in [0, 0.1) is 22.0 Å². The van der Waals surface area contributed by atoms with E-state index in [0.29, 0.717) is 11.8 Å². The van der Waals surface area contributed by atoms with Gasteiger partial charge in [-0.05, 0) is 49.3 Å². The molecule has 0 unspecified atom stereocenters. The third-order valence-electron chi connectivity index (χ3n) is 6.03. The van der Waals surface area contributed by atoms with Gasteiger partial charge in [-0.3, -0.25) is 19.2 Å². The number of hydrogen-bond donors (Lipinski definition) is 1. The average molecular weight is 429 g/mol. The molecule has 0 radical (unpaired) electrons. The zero-order chi connectivity index (χ0) is 21.3. The molecule has 0 heterocycles. The number of non-ortho nitro benzene ring substituents is 1. The number of hydrogen-bond acceptors (Lipinski definition) is 5. The summed E-state index contributed by atoms with van der Waals surface area (Å²) < 4.78 is 27.5. The number of fused-ring (bicyclic) bond motifs is 2. The highest BCUT2D eigenvalue weighted by molar-refractivity contribution is 7.92. The molecular weight excluding hydrogens is 406 g/mol. The fourth-order valence-electron chi connectivity index (χ4n) is 4.60. The van der Waals surface area contributed by atoms with Crippen LogP contribution < -0.4 is 9.62 Å². The Bertz CT molecular complexity index is 1060. The van der Waals surface area contributed by atoms with Crippen molar-refractivity contribution in [1.82, 2.24) is 5.32 Å². The van der Waals surface area contributed by atoms with E-state index < -0.39 is 27.4 Å². The highest BCUT2D eigenvalue weighted by Gasteiger charge is 2.40. The van der Waals surface area contributed by atoms with Crippen molar-refractivity contribution in [3.05, 3.63) is 64.7 Å². The van der Waals surface area contributed by atoms with Crippen molar-refractivity contribution in [3.63, 3.8) is 0 Å². The second-order valence-corrected chi connectivity index (χ2v) is 9.81. The molecule has 2 aliphatic carbocycles. The Morgan fingerprint density at radius 3 is 2.50 bits per heavy atom. The first-order valence-electron chi connectivity index (χ1n) is 9.96. The van der Waals surface area contributed by atoms with Crippen LogP contribution in [0.25, 0.3) is 0 Å². The second-order valence-electron chi connectivity index (χ2n) is 7.95. The van der Waals surface area contributed by atoms with Gasteiger partial charge in [-0.2, -0.15) is 0 Å². The number of nitro benzene ring substituents is 1. The van der Waals surface area contributed by atoms with Crippen LogP contribution in [0.2, 0.25) is 0 Å². The zero-order valence-corrected chi connectivity index (χ0v) is 17.1. The molecule has 8 nitrogen and oxygen atoms in total. The Kier molecular flexibility index (Phi) is 5.46. The minimum Gasteiger partial charge on any atom is -0.352 e. The van der Waals surface area contributed by atoms with Gasteiger partial charge in [0.1, 0.15) is 6.54 Å². The number of benzene rings is 2. The number of carbonyl (C=O) groups excluding carboxylic acids is 1. The van der Waals surface area contributed by atoms with Gasteiger partial charge in [0.25, 0.3) is 15.7 Å². The maximum atomic E-state index is 13.3. The summed E-state index contributed by atoms with van der Waals surface area (Å²) >= 11 is 0. The maximum absolute atomic E-state index is 13.3. The van der Waals surface area contributed by atoms with E-state index in [2.05, 4.69) is 5.32 Å². The molecule has 158 valence electrons. The lowest BCUT2D eigenvalue weighted by Gasteiger charge is -2.27. The van der Waals surface area contributed by atoms with Crippen LogP contribution in [0.15, 0.2) is 59.5 Å². The zero-order valence-electron chi connectivity index (χ0n) is 16.3. The van der Waals surface area contributed by atoms with E-state index in [0.717, 1.165) is 23.6 Å². The summed E-state index contributed by atoms with van der Waals surface area (Å²) in [6.07, 6.45) is 4.33. The summed E-state index contributed by atoms with van der Waals surface area (Å²) in [7, 11) is -4.09. The summed E-state index contributed by atoms with van der Waals surface area (Å²) in [6, 6.07) is 13.1. The number of nitrogens with one attached hydrogen (secondary N) is 1. The van der Waals surface area contributed by atoms with Crippen LogP contribution in [-0.4, -0.2) is 31.8 Å². The van der Waals surface area contributed by atoms with Crippen LogP contribution >= 0.6 is 0 Å². The van der Waals surface area contributed by atoms with Crippen molar-refractivity contribution in [1.29, 1.82) is 0 Å². The molecule has 1 N–H and O–H groups in total. The normalized spacial score (nSPS) is 22.6. The molecule has 9 heteroatoms. The van der Waals surface area contributed by atoms with Gasteiger partial charge in [0.05, 0.1) is 15.5 Å². The maximum Gasteiger partial charge on any atom is 0.271 e. The van der Waals surface area contributed by atoms with Gasteiger partial charge in [-0.1, -0.05) is 30.7 Å². The molecule has 2 aromatic carbocycles. The van der Waals surface area contributed by atoms with E-state index in [-0.39, 0.29) is 22.3 Å². The number of rotatable bonds is 7. The predicted octanol–water partition coefficient (Wildman–Crippen LogP) is 3.09. The number of sulfonamides is 1. The molecular formula is C21H23N3O5S. The number of nitro groups is 1. The number of anilines is 1. The molecule has 2 aromatic rings. The first-order valence-corrected chi connectivity index (χ1v) is 11.4. The second kappa shape index (κ2) is 8.06. The van der Waals surface area contributed by atoms with Gasteiger partial charge in [-0.15, -0.1) is 0 Å². The molecule has 2 bridgehead atoms. The molecule has 2 aliphatic rings. The van der Waals surface area contributed by atoms with Crippen molar-refractivity contribution in [2.75, 3.05) is 10.8 Å². The third-order valence-corrected chi connectivity index (χ3v) is 7.82. The summed E-state index contributed by atoms with van der Waals surface area (Å²) in [5.41, 5.74) is -0.162. The largest absolute Gasteiger partial charge is 0.352 e. The van der Waals surface area contributed by atoms with Gasteiger partial charge in [0.2, 0.25) is 5.91 Å². The van der Waals surface area contributed by atoms with Gasteiger partial charge < -0.3 is 5.32 Å². The first kappa shape index (κ1) is 20.3. The van der Waals surface area contributed by atoms with Gasteiger partial charge in [0, 0.05) is 18.2 Å². The summed E-state index contributed by atoms with van der Waals surface area (Å²) in [5, 5.41) is 14.2. The Morgan fingerprint density at radius 2 is 1.87 bits per heavy atom. The molecule has 2 saturated carbocycles. The van der Waals surface area contributed by atoms with Crippen molar-refractivity contribution in [2.45, 2.75) is 36.6 Å². The quantitative estimate of drug-likeness (QED) is 0.537. The summed E-state index contributed by atoms with van der Waals surface area (Å²) in [4.78, 5) is 23.4. The standard InChI is InChI=1S/C21H23N3O5S/c25-21(22-20-12-15-9-10-16(20)11-15)14-23(17-5-4-6-18(13-17)24(26)27)30(28,29)19-7-2-1-3-8-19/h1-8,13,15-16,20H,9-12,14H2,(H,22,25)/t15-,16-,20+/m0/s1. The molecule has 1 amide bonds. The fraction of sp³-hybridized carbons (Fsp3) is 0.381. The number of amides is 1. The molecule has 0 aliphatic heterocycles. The molecule has 4 rings (SSSR count). The molecule has 0 saturated heterocycles. The van der Waals surface area contributed by atoms with E-state index in [9.17, 15) is 23.3 Å². The lowest BCUT2D eigenvalue weighted by molar-refractivity contribution is -0.384. The minimum atomic E-state index is -4.09. The van der Waals surface area contributed by atoms with Gasteiger partial charge >= 0.3 is 0 Å². The molecule has 0 spiro atoms. The third kappa shape index (κ3) is 4.02. The number of nitrogens with zero attached hydrogens (tertiary/aromatic N) is 2. The predicted molar refractivity (Wildman–Crippen MR) is 111 cm³/mol. The summed E-state index contributed by atoms with van der Waals surface area (Å²) in [5.74, 6) is 0.690. The van der Waals surface area contributed by atoms with Crippen LogP contribution in [-0.2, 0) is 14.8 Å². The van der Waals surface area contributed by atoms with E-state index in [1.54, 1.807) is 18.2 Å². The Morgan fingerprint density at radius 1 is 1.10 bits per heavy atom. The SMILES string of the molecule is O=C(CN(c1cccc([N+](=O)[O-])c1)S(=O)(=O)c1ccccc1)N[C@@H]1C[C@H]2CC[C@H]1C2. The van der Waals surface area contributed by atoms with Gasteiger partial charge in [0.15, 0.2) is 0 Å². The Labute approximate surface area is 175 Å². The lowest BCUT2D eigenvalue weighted by Crippen LogP contribution is -2.46. The van der Waals surface area contributed by atoms with E-state index in [1.807, 2.05) is 0 Å². The van der Waals surface area contributed by atoms with Crippen LogP contribution in [0.4, 0.5) is 11.4 Å². The smallest absolute Gasteiger partial charge is 0.271 e. The number of carbonyl (C=O) groups is 1. The lowest BCUT2D eigenvalue weighted by atomic mass is 9.95. The van der Waals surface area contributed by atoms with E-state index >= 15 is 0 Å². The van der Waals surface area contributed by atoms with Crippen LogP contribution in [0.5, 0.6) is 0 Å². The molecule has 2 fully saturated rings. The van der Waals surface area contributed by atoms with Crippen molar-refractivity contribution in [3.8, 4) is 0 Å².